The molecule has 0 spiro atoms. The number of nitrogens with zero attached hydrogens (tertiary/aromatic N) is 3. The Hall–Kier alpha value is -1.52. The molecule has 0 amide bonds. The zero-order chi connectivity index (χ0) is 15.1. The molecule has 0 unspecified atom stereocenters. The summed E-state index contributed by atoms with van der Waals surface area (Å²) >= 11 is 0. The number of rotatable bonds is 5. The lowest BCUT2D eigenvalue weighted by molar-refractivity contribution is 0.250. The van der Waals surface area contributed by atoms with Gasteiger partial charge in [0.2, 0.25) is 0 Å². The van der Waals surface area contributed by atoms with Crippen molar-refractivity contribution in [2.24, 2.45) is 16.8 Å². The standard InChI is InChI=1S/C16H28N4O/c1-4-17-16(18-11-15-9-10-21-19-15)20(3)12-14-7-5-13(2)6-8-14/h9-10,13-14H,4-8,11-12H2,1-3H3,(H,17,18). The molecule has 0 saturated heterocycles. The summed E-state index contributed by atoms with van der Waals surface area (Å²) in [6.07, 6.45) is 7.00. The zero-order valence-electron chi connectivity index (χ0n) is 13.5. The van der Waals surface area contributed by atoms with Crippen molar-refractivity contribution in [2.75, 3.05) is 20.1 Å². The molecular weight excluding hydrogens is 264 g/mol. The molecule has 2 rings (SSSR count). The van der Waals surface area contributed by atoms with E-state index in [0.29, 0.717) is 6.54 Å². The summed E-state index contributed by atoms with van der Waals surface area (Å²) in [6, 6.07) is 1.86. The molecule has 1 aliphatic carbocycles. The summed E-state index contributed by atoms with van der Waals surface area (Å²) < 4.78 is 4.85. The topological polar surface area (TPSA) is 53.7 Å². The van der Waals surface area contributed by atoms with E-state index in [-0.39, 0.29) is 0 Å². The molecule has 5 nitrogen and oxygen atoms in total. The normalized spacial score (nSPS) is 23.1. The van der Waals surface area contributed by atoms with Gasteiger partial charge in [-0.3, -0.25) is 0 Å². The molecule has 0 bridgehead atoms. The minimum absolute atomic E-state index is 0.560. The Kier molecular flexibility index (Phi) is 6.08. The van der Waals surface area contributed by atoms with Gasteiger partial charge in [0.05, 0.1) is 6.54 Å². The first-order valence-corrected chi connectivity index (χ1v) is 8.07. The van der Waals surface area contributed by atoms with E-state index in [0.717, 1.165) is 36.6 Å². The number of hydrogen-bond donors (Lipinski definition) is 1. The van der Waals surface area contributed by atoms with Gasteiger partial charge < -0.3 is 14.7 Å². The molecule has 1 heterocycles. The molecule has 1 N–H and O–H groups in total. The van der Waals surface area contributed by atoms with Crippen LogP contribution in [0, 0.1) is 11.8 Å². The van der Waals surface area contributed by atoms with Crippen LogP contribution in [0.3, 0.4) is 0 Å². The number of aliphatic imine (C=N–C) groups is 1. The third-order valence-electron chi connectivity index (χ3n) is 4.25. The average molecular weight is 292 g/mol. The summed E-state index contributed by atoms with van der Waals surface area (Å²) in [5.41, 5.74) is 0.866. The van der Waals surface area contributed by atoms with E-state index in [1.54, 1.807) is 6.26 Å². The fourth-order valence-electron chi connectivity index (χ4n) is 2.93. The maximum absolute atomic E-state index is 4.85. The molecule has 1 aromatic heterocycles. The van der Waals surface area contributed by atoms with Gasteiger partial charge in [0.25, 0.3) is 0 Å². The SMILES string of the molecule is CCNC(=NCc1ccon1)N(C)CC1CCC(C)CC1. The Bertz CT molecular complexity index is 421. The summed E-state index contributed by atoms with van der Waals surface area (Å²) in [5.74, 6) is 2.65. The van der Waals surface area contributed by atoms with Gasteiger partial charge in [0.15, 0.2) is 5.96 Å². The number of hydrogen-bond acceptors (Lipinski definition) is 3. The Labute approximate surface area is 127 Å². The fourth-order valence-corrected chi connectivity index (χ4v) is 2.93. The van der Waals surface area contributed by atoms with Crippen molar-refractivity contribution in [3.8, 4) is 0 Å². The molecule has 1 fully saturated rings. The maximum atomic E-state index is 4.85. The van der Waals surface area contributed by atoms with Crippen molar-refractivity contribution in [2.45, 2.75) is 46.1 Å². The lowest BCUT2D eigenvalue weighted by Gasteiger charge is -2.31. The van der Waals surface area contributed by atoms with Crippen molar-refractivity contribution < 1.29 is 4.52 Å². The van der Waals surface area contributed by atoms with Crippen molar-refractivity contribution in [3.05, 3.63) is 18.0 Å². The van der Waals surface area contributed by atoms with E-state index in [2.05, 4.69) is 41.3 Å². The van der Waals surface area contributed by atoms with Crippen molar-refractivity contribution in [1.82, 2.24) is 15.4 Å². The lowest BCUT2D eigenvalue weighted by atomic mass is 9.83. The first-order valence-electron chi connectivity index (χ1n) is 8.07. The fraction of sp³-hybridized carbons (Fsp3) is 0.750. The minimum atomic E-state index is 0.560. The quantitative estimate of drug-likeness (QED) is 0.670. The van der Waals surface area contributed by atoms with Gasteiger partial charge in [0, 0.05) is 26.2 Å². The molecule has 118 valence electrons. The average Bonchev–Trinajstić information content (AvgIpc) is 2.99. The molecular formula is C16H28N4O. The van der Waals surface area contributed by atoms with Crippen LogP contribution < -0.4 is 5.32 Å². The first kappa shape index (κ1) is 15.9. The highest BCUT2D eigenvalue weighted by Gasteiger charge is 2.20. The minimum Gasteiger partial charge on any atom is -0.364 e. The summed E-state index contributed by atoms with van der Waals surface area (Å²) in [5, 5.41) is 7.26. The van der Waals surface area contributed by atoms with Gasteiger partial charge in [-0.25, -0.2) is 4.99 Å². The molecule has 0 radical (unpaired) electrons. The third-order valence-corrected chi connectivity index (χ3v) is 4.25. The molecule has 0 aliphatic heterocycles. The lowest BCUT2D eigenvalue weighted by Crippen LogP contribution is -2.41. The molecule has 21 heavy (non-hydrogen) atoms. The highest BCUT2D eigenvalue weighted by Crippen LogP contribution is 2.28. The van der Waals surface area contributed by atoms with Gasteiger partial charge in [-0.05, 0) is 31.6 Å². The van der Waals surface area contributed by atoms with E-state index in [1.165, 1.54) is 25.7 Å². The van der Waals surface area contributed by atoms with Crippen LogP contribution in [-0.4, -0.2) is 36.2 Å². The van der Waals surface area contributed by atoms with Crippen molar-refractivity contribution in [1.29, 1.82) is 0 Å². The Morgan fingerprint density at radius 1 is 1.43 bits per heavy atom. The largest absolute Gasteiger partial charge is 0.364 e. The number of nitrogens with one attached hydrogen (secondary N) is 1. The van der Waals surface area contributed by atoms with Crippen LogP contribution in [0.25, 0.3) is 0 Å². The van der Waals surface area contributed by atoms with Crippen molar-refractivity contribution >= 4 is 5.96 Å². The van der Waals surface area contributed by atoms with E-state index < -0.39 is 0 Å². The molecule has 1 aliphatic rings. The predicted octanol–water partition coefficient (Wildman–Crippen LogP) is 2.90. The van der Waals surface area contributed by atoms with E-state index in [1.807, 2.05) is 6.07 Å². The highest BCUT2D eigenvalue weighted by molar-refractivity contribution is 5.79. The first-order chi connectivity index (χ1) is 10.2. The van der Waals surface area contributed by atoms with Gasteiger partial charge in [-0.2, -0.15) is 0 Å². The third kappa shape index (κ3) is 5.06. The van der Waals surface area contributed by atoms with Crippen LogP contribution >= 0.6 is 0 Å². The van der Waals surface area contributed by atoms with Crippen LogP contribution in [0.15, 0.2) is 21.8 Å². The Morgan fingerprint density at radius 3 is 2.81 bits per heavy atom. The zero-order valence-corrected chi connectivity index (χ0v) is 13.5. The van der Waals surface area contributed by atoms with Gasteiger partial charge in [-0.15, -0.1) is 0 Å². The van der Waals surface area contributed by atoms with Gasteiger partial charge >= 0.3 is 0 Å². The molecule has 0 aromatic carbocycles. The molecule has 5 heteroatoms. The predicted molar refractivity (Wildman–Crippen MR) is 85.1 cm³/mol. The monoisotopic (exact) mass is 292 g/mol. The van der Waals surface area contributed by atoms with Gasteiger partial charge in [0.1, 0.15) is 12.0 Å². The van der Waals surface area contributed by atoms with E-state index in [9.17, 15) is 0 Å². The van der Waals surface area contributed by atoms with Crippen LogP contribution in [0.5, 0.6) is 0 Å². The second kappa shape index (κ2) is 8.05. The smallest absolute Gasteiger partial charge is 0.194 e. The Balaban J connectivity index is 1.88. The maximum Gasteiger partial charge on any atom is 0.194 e. The van der Waals surface area contributed by atoms with Crippen LogP contribution in [-0.2, 0) is 6.54 Å². The van der Waals surface area contributed by atoms with Crippen LogP contribution in [0.2, 0.25) is 0 Å². The summed E-state index contributed by atoms with van der Waals surface area (Å²) in [4.78, 5) is 6.90. The highest BCUT2D eigenvalue weighted by atomic mass is 16.5. The van der Waals surface area contributed by atoms with Crippen molar-refractivity contribution in [3.63, 3.8) is 0 Å². The summed E-state index contributed by atoms with van der Waals surface area (Å²) in [6.45, 7) is 6.98. The van der Waals surface area contributed by atoms with Crippen LogP contribution in [0.4, 0.5) is 0 Å². The second-order valence-corrected chi connectivity index (χ2v) is 6.17. The van der Waals surface area contributed by atoms with E-state index >= 15 is 0 Å². The molecule has 1 saturated carbocycles. The number of guanidine groups is 1. The number of aromatic nitrogens is 1. The Morgan fingerprint density at radius 2 is 2.19 bits per heavy atom. The second-order valence-electron chi connectivity index (χ2n) is 6.17. The summed E-state index contributed by atoms with van der Waals surface area (Å²) in [7, 11) is 2.13. The van der Waals surface area contributed by atoms with E-state index in [4.69, 9.17) is 4.52 Å². The van der Waals surface area contributed by atoms with Crippen LogP contribution in [0.1, 0.15) is 45.2 Å². The molecule has 1 aromatic rings. The van der Waals surface area contributed by atoms with Gasteiger partial charge in [-0.1, -0.05) is 24.9 Å². The molecule has 0 atom stereocenters.